The molecule has 0 spiro atoms. The molecule has 0 aliphatic heterocycles. The van der Waals surface area contributed by atoms with Crippen LogP contribution < -0.4 is 10.6 Å². The summed E-state index contributed by atoms with van der Waals surface area (Å²) in [6.07, 6.45) is 7.48. The Morgan fingerprint density at radius 1 is 1.17 bits per heavy atom. The SMILES string of the molecule is COC[C@H](C)Nc1ncc2c(-c3ccc(C4(NCCO)CC4)cc3)cc(C3CCC(O)CC3)n2n1. The second-order valence-corrected chi connectivity index (χ2v) is 10.2. The average molecular weight is 480 g/mol. The van der Waals surface area contributed by atoms with Gasteiger partial charge in [-0.3, -0.25) is 0 Å². The molecule has 4 N–H and O–H groups in total. The first kappa shape index (κ1) is 24.2. The third kappa shape index (κ3) is 5.07. The van der Waals surface area contributed by atoms with Gasteiger partial charge in [-0.05, 0) is 62.6 Å². The second kappa shape index (κ2) is 10.2. The molecular formula is C27H37N5O3. The van der Waals surface area contributed by atoms with Crippen molar-refractivity contribution < 1.29 is 14.9 Å². The summed E-state index contributed by atoms with van der Waals surface area (Å²) < 4.78 is 7.30. The van der Waals surface area contributed by atoms with E-state index in [0.29, 0.717) is 25.0 Å². The monoisotopic (exact) mass is 479 g/mol. The number of aliphatic hydroxyl groups excluding tert-OH is 2. The van der Waals surface area contributed by atoms with Gasteiger partial charge in [0.05, 0.1) is 31.0 Å². The zero-order valence-corrected chi connectivity index (χ0v) is 20.7. The Hall–Kier alpha value is -2.52. The molecule has 1 atom stereocenters. The Kier molecular flexibility index (Phi) is 7.07. The maximum atomic E-state index is 10.0. The minimum atomic E-state index is -0.194. The highest BCUT2D eigenvalue weighted by atomic mass is 16.5. The number of fused-ring (bicyclic) bond motifs is 1. The fourth-order valence-electron chi connectivity index (χ4n) is 5.44. The van der Waals surface area contributed by atoms with E-state index < -0.39 is 0 Å². The molecule has 0 amide bonds. The molecule has 188 valence electrons. The lowest BCUT2D eigenvalue weighted by molar-refractivity contribution is 0.121. The molecule has 2 heterocycles. The number of nitrogens with zero attached hydrogens (tertiary/aromatic N) is 3. The van der Waals surface area contributed by atoms with Gasteiger partial charge < -0.3 is 25.6 Å². The summed E-state index contributed by atoms with van der Waals surface area (Å²) in [5.74, 6) is 0.942. The molecular weight excluding hydrogens is 442 g/mol. The smallest absolute Gasteiger partial charge is 0.241 e. The maximum absolute atomic E-state index is 10.0. The van der Waals surface area contributed by atoms with Crippen LogP contribution in [0.15, 0.2) is 36.5 Å². The Bertz CT molecular complexity index is 1130. The van der Waals surface area contributed by atoms with Crippen LogP contribution >= 0.6 is 0 Å². The molecule has 0 bridgehead atoms. The predicted molar refractivity (Wildman–Crippen MR) is 137 cm³/mol. The van der Waals surface area contributed by atoms with Crippen LogP contribution in [0.1, 0.15) is 62.6 Å². The molecule has 2 aromatic heterocycles. The summed E-state index contributed by atoms with van der Waals surface area (Å²) >= 11 is 0. The Morgan fingerprint density at radius 2 is 1.91 bits per heavy atom. The zero-order chi connectivity index (χ0) is 24.4. The molecule has 5 rings (SSSR count). The maximum Gasteiger partial charge on any atom is 0.241 e. The lowest BCUT2D eigenvalue weighted by Gasteiger charge is -2.25. The molecule has 1 aromatic carbocycles. The topological polar surface area (TPSA) is 104 Å². The van der Waals surface area contributed by atoms with Crippen molar-refractivity contribution in [1.82, 2.24) is 19.9 Å². The molecule has 2 aliphatic rings. The molecule has 8 heteroatoms. The van der Waals surface area contributed by atoms with Gasteiger partial charge in [0.1, 0.15) is 0 Å². The summed E-state index contributed by atoms with van der Waals surface area (Å²) in [4.78, 5) is 4.61. The number of ether oxygens (including phenoxy) is 1. The molecule has 2 fully saturated rings. The van der Waals surface area contributed by atoms with E-state index in [1.165, 1.54) is 11.3 Å². The lowest BCUT2D eigenvalue weighted by atomic mass is 9.85. The molecule has 8 nitrogen and oxygen atoms in total. The van der Waals surface area contributed by atoms with Gasteiger partial charge in [0.15, 0.2) is 0 Å². The minimum absolute atomic E-state index is 0.0147. The fourth-order valence-corrected chi connectivity index (χ4v) is 5.44. The van der Waals surface area contributed by atoms with E-state index in [1.54, 1.807) is 7.11 Å². The second-order valence-electron chi connectivity index (χ2n) is 10.2. The lowest BCUT2D eigenvalue weighted by Crippen LogP contribution is -2.31. The van der Waals surface area contributed by atoms with Crippen LogP contribution in [0.2, 0.25) is 0 Å². The van der Waals surface area contributed by atoms with Crippen LogP contribution in [0.5, 0.6) is 0 Å². The highest BCUT2D eigenvalue weighted by Gasteiger charge is 2.43. The highest BCUT2D eigenvalue weighted by Crippen LogP contribution is 2.46. The van der Waals surface area contributed by atoms with Gasteiger partial charge in [-0.25, -0.2) is 9.50 Å². The third-order valence-corrected chi connectivity index (χ3v) is 7.53. The number of aromatic nitrogens is 3. The van der Waals surface area contributed by atoms with Crippen LogP contribution in [0.4, 0.5) is 5.95 Å². The van der Waals surface area contributed by atoms with E-state index in [2.05, 4.69) is 45.9 Å². The van der Waals surface area contributed by atoms with Crippen molar-refractivity contribution in [2.45, 2.75) is 69.1 Å². The number of nitrogens with one attached hydrogen (secondary N) is 2. The molecule has 0 radical (unpaired) electrons. The number of benzene rings is 1. The largest absolute Gasteiger partial charge is 0.395 e. The number of rotatable bonds is 10. The van der Waals surface area contributed by atoms with Gasteiger partial charge in [-0.2, -0.15) is 0 Å². The van der Waals surface area contributed by atoms with Crippen molar-refractivity contribution in [3.05, 3.63) is 47.8 Å². The Labute approximate surface area is 206 Å². The van der Waals surface area contributed by atoms with Gasteiger partial charge in [-0.1, -0.05) is 24.3 Å². The first-order valence-electron chi connectivity index (χ1n) is 12.8. The Morgan fingerprint density at radius 3 is 2.57 bits per heavy atom. The van der Waals surface area contributed by atoms with E-state index in [1.807, 2.05) is 17.6 Å². The zero-order valence-electron chi connectivity index (χ0n) is 20.7. The van der Waals surface area contributed by atoms with E-state index in [-0.39, 0.29) is 24.3 Å². The normalized spacial score (nSPS) is 22.3. The summed E-state index contributed by atoms with van der Waals surface area (Å²) in [7, 11) is 1.69. The van der Waals surface area contributed by atoms with Crippen molar-refractivity contribution in [3.63, 3.8) is 0 Å². The van der Waals surface area contributed by atoms with E-state index >= 15 is 0 Å². The number of aliphatic hydroxyl groups is 2. The third-order valence-electron chi connectivity index (χ3n) is 7.53. The van der Waals surface area contributed by atoms with Crippen LogP contribution in [-0.4, -0.2) is 63.8 Å². The highest BCUT2D eigenvalue weighted by molar-refractivity contribution is 5.81. The van der Waals surface area contributed by atoms with E-state index in [4.69, 9.17) is 9.84 Å². The molecule has 0 saturated heterocycles. The van der Waals surface area contributed by atoms with Crippen molar-refractivity contribution in [2.24, 2.45) is 0 Å². The molecule has 3 aromatic rings. The van der Waals surface area contributed by atoms with Gasteiger partial charge in [0.25, 0.3) is 0 Å². The van der Waals surface area contributed by atoms with Crippen molar-refractivity contribution in [1.29, 1.82) is 0 Å². The number of methoxy groups -OCH3 is 1. The molecule has 2 aliphatic carbocycles. The summed E-state index contributed by atoms with van der Waals surface area (Å²) in [6.45, 7) is 3.39. The quantitative estimate of drug-likeness (QED) is 0.353. The number of hydrogen-bond acceptors (Lipinski definition) is 7. The van der Waals surface area contributed by atoms with Crippen LogP contribution in [-0.2, 0) is 10.3 Å². The van der Waals surface area contributed by atoms with Crippen molar-refractivity contribution in [2.75, 3.05) is 32.2 Å². The Balaban J connectivity index is 1.49. The minimum Gasteiger partial charge on any atom is -0.395 e. The van der Waals surface area contributed by atoms with Crippen molar-refractivity contribution in [3.8, 4) is 11.1 Å². The van der Waals surface area contributed by atoms with Crippen LogP contribution in [0.3, 0.4) is 0 Å². The first-order valence-corrected chi connectivity index (χ1v) is 12.8. The molecule has 0 unspecified atom stereocenters. The van der Waals surface area contributed by atoms with Gasteiger partial charge in [-0.15, -0.1) is 5.10 Å². The summed E-state index contributed by atoms with van der Waals surface area (Å²) in [5.41, 5.74) is 5.73. The average Bonchev–Trinajstić information content (AvgIpc) is 3.57. The molecule has 2 saturated carbocycles. The van der Waals surface area contributed by atoms with E-state index in [0.717, 1.165) is 55.2 Å². The van der Waals surface area contributed by atoms with Gasteiger partial charge in [0.2, 0.25) is 5.95 Å². The summed E-state index contributed by atoms with van der Waals surface area (Å²) in [6, 6.07) is 11.1. The van der Waals surface area contributed by atoms with Gasteiger partial charge in [0, 0.05) is 42.4 Å². The predicted octanol–water partition coefficient (Wildman–Crippen LogP) is 3.43. The van der Waals surface area contributed by atoms with Gasteiger partial charge >= 0.3 is 0 Å². The van der Waals surface area contributed by atoms with Crippen LogP contribution in [0, 0.1) is 0 Å². The fraction of sp³-hybridized carbons (Fsp3) is 0.556. The number of hydrogen-bond donors (Lipinski definition) is 4. The summed E-state index contributed by atoms with van der Waals surface area (Å²) in [5, 5.41) is 31.0. The van der Waals surface area contributed by atoms with E-state index in [9.17, 15) is 10.2 Å². The van der Waals surface area contributed by atoms with Crippen molar-refractivity contribution >= 4 is 11.5 Å². The standard InChI is InChI=1S/C27H37N5O3/c1-18(17-35-2)30-26-28-16-25-23(15-24(32(25)31-26)20-5-9-22(34)10-6-20)19-3-7-21(8-4-19)27(11-12-27)29-13-14-33/h3-4,7-8,15-16,18,20,22,29,33-34H,5-6,9-14,17H2,1-2H3,(H,30,31)/t18-,20?,22?/m0/s1. The first-order chi connectivity index (χ1) is 17.0. The number of anilines is 1. The molecule has 35 heavy (non-hydrogen) atoms. The van der Waals surface area contributed by atoms with Crippen LogP contribution in [0.25, 0.3) is 16.6 Å².